The largest absolute Gasteiger partial charge is 0.448 e. The summed E-state index contributed by atoms with van der Waals surface area (Å²) in [6.07, 6.45) is -0.214. The van der Waals surface area contributed by atoms with E-state index in [-0.39, 0.29) is 21.0 Å². The maximum Gasteiger partial charge on any atom is 0.407 e. The van der Waals surface area contributed by atoms with E-state index in [0.29, 0.717) is 0 Å². The number of amides is 4. The number of hydrogen-bond acceptors (Lipinski definition) is 13. The molecule has 0 aromatic carbocycles. The number of β-lactam (4-membered cyclic amide) rings is 1. The number of rotatable bonds is 12. The van der Waals surface area contributed by atoms with Crippen molar-refractivity contribution in [1.82, 2.24) is 19.9 Å². The van der Waals surface area contributed by atoms with Gasteiger partial charge in [0.05, 0.1) is 11.8 Å². The highest BCUT2D eigenvalue weighted by atomic mass is 35.5. The highest BCUT2D eigenvalue weighted by Gasteiger charge is 2.54. The molecule has 0 radical (unpaired) electrons. The number of nitrogens with zero attached hydrogens (tertiary/aromatic N) is 3. The number of carbonyl (C=O) groups excluding carboxylic acids is 4. The highest BCUT2D eigenvalue weighted by Crippen LogP contribution is 2.24. The normalized spacial score (nSPS) is 18.0. The molecule has 0 aliphatic carbocycles. The van der Waals surface area contributed by atoms with Gasteiger partial charge in [0.15, 0.2) is 20.7 Å². The zero-order valence-corrected chi connectivity index (χ0v) is 22.2. The molecule has 206 valence electrons. The van der Waals surface area contributed by atoms with E-state index in [0.717, 1.165) is 24.7 Å². The molecule has 17 nitrogen and oxygen atoms in total. The van der Waals surface area contributed by atoms with Crippen LogP contribution in [0.1, 0.15) is 5.69 Å². The molecule has 1 aliphatic heterocycles. The van der Waals surface area contributed by atoms with E-state index in [1.165, 1.54) is 5.38 Å². The molecule has 0 spiro atoms. The van der Waals surface area contributed by atoms with Crippen molar-refractivity contribution in [3.05, 3.63) is 11.1 Å². The number of alkyl halides is 1. The molecule has 1 aliphatic rings. The van der Waals surface area contributed by atoms with E-state index >= 15 is 0 Å². The highest BCUT2D eigenvalue weighted by molar-refractivity contribution is 7.90. The number of carbonyl (C=O) groups is 4. The van der Waals surface area contributed by atoms with Gasteiger partial charge in [0.1, 0.15) is 31.3 Å². The van der Waals surface area contributed by atoms with Crippen LogP contribution in [0, 0.1) is 0 Å². The van der Waals surface area contributed by atoms with Crippen molar-refractivity contribution in [2.24, 2.45) is 5.16 Å². The number of aromatic nitrogens is 1. The molecule has 37 heavy (non-hydrogen) atoms. The number of hydrogen-bond donors (Lipinski definition) is 4. The fourth-order valence-corrected chi connectivity index (χ4v) is 4.83. The summed E-state index contributed by atoms with van der Waals surface area (Å²) in [6.45, 7) is -1.11. The predicted octanol–water partition coefficient (Wildman–Crippen LogP) is -2.06. The molecule has 2 atom stereocenters. The number of oxime groups is 1. The number of ether oxygens (including phenoxy) is 1. The first-order chi connectivity index (χ1) is 17.2. The molecule has 1 aromatic heterocycles. The lowest BCUT2D eigenvalue weighted by atomic mass is 9.98. The van der Waals surface area contributed by atoms with Crippen LogP contribution in [0.4, 0.5) is 9.93 Å². The van der Waals surface area contributed by atoms with E-state index in [4.69, 9.17) is 11.6 Å². The van der Waals surface area contributed by atoms with Gasteiger partial charge in [-0.15, -0.1) is 22.9 Å². The molecule has 1 saturated heterocycles. The van der Waals surface area contributed by atoms with Gasteiger partial charge in [-0.05, 0) is 0 Å². The van der Waals surface area contributed by atoms with Gasteiger partial charge in [0, 0.05) is 18.2 Å². The van der Waals surface area contributed by atoms with Crippen molar-refractivity contribution >= 4 is 77.7 Å². The molecule has 0 bridgehead atoms. The van der Waals surface area contributed by atoms with Crippen molar-refractivity contribution in [3.63, 3.8) is 0 Å². The second-order valence-electron chi connectivity index (χ2n) is 7.12. The molecule has 2 unspecified atom stereocenters. The Morgan fingerprint density at radius 1 is 1.30 bits per heavy atom. The number of thiazole rings is 1. The molecule has 4 N–H and O–H groups in total. The summed E-state index contributed by atoms with van der Waals surface area (Å²) in [5.74, 6) is -3.64. The van der Waals surface area contributed by atoms with Gasteiger partial charge in [-0.2, -0.15) is 8.42 Å². The molecular formula is C16H21ClN6O11S3. The lowest BCUT2D eigenvalue weighted by Gasteiger charge is -2.44. The number of alkyl carbamates (subject to hydrolysis) is 1. The number of anilines is 1. The Morgan fingerprint density at radius 2 is 1.97 bits per heavy atom. The summed E-state index contributed by atoms with van der Waals surface area (Å²) < 4.78 is 59.4. The quantitative estimate of drug-likeness (QED) is 0.0662. The Kier molecular flexibility index (Phi) is 10.1. The molecule has 2 rings (SSSR count). The van der Waals surface area contributed by atoms with Crippen LogP contribution in [0.2, 0.25) is 0 Å². The van der Waals surface area contributed by atoms with E-state index in [2.05, 4.69) is 35.7 Å². The Balaban J connectivity index is 2.13. The first-order valence-corrected chi connectivity index (χ1v) is 14.7. The average molecular weight is 605 g/mol. The van der Waals surface area contributed by atoms with Crippen LogP contribution in [-0.4, -0.2) is 110 Å². The molecule has 4 amide bonds. The van der Waals surface area contributed by atoms with Crippen LogP contribution in [-0.2, 0) is 44.1 Å². The standard InChI is InChI=1S/C16H21ClN6O11S3/c1-33-22-11(8-7-35-15(19-8)20-10(24)5-17)13(25)21-12-9(23(14(12)26)37(30,31)32)6-18-16(27)34-3-4-36(2,28)29/h7,9,12H,3-6H2,1-2H3,(H,18,27)(H,21,25)(H,19,20,24)(H,30,31,32). The minimum absolute atomic E-state index is 0.0322. The van der Waals surface area contributed by atoms with Gasteiger partial charge in [-0.3, -0.25) is 18.9 Å². The number of sulfone groups is 1. The van der Waals surface area contributed by atoms with Gasteiger partial charge in [-0.1, -0.05) is 5.16 Å². The Morgan fingerprint density at radius 3 is 2.54 bits per heavy atom. The molecule has 21 heteroatoms. The molecular weight excluding hydrogens is 584 g/mol. The third kappa shape index (κ3) is 8.49. The number of nitrogens with one attached hydrogen (secondary N) is 3. The minimum atomic E-state index is -5.07. The smallest absolute Gasteiger partial charge is 0.407 e. The second-order valence-corrected chi connectivity index (χ2v) is 11.8. The van der Waals surface area contributed by atoms with Crippen LogP contribution in [0.25, 0.3) is 0 Å². The summed E-state index contributed by atoms with van der Waals surface area (Å²) in [5.41, 5.74) is -0.521. The summed E-state index contributed by atoms with van der Waals surface area (Å²) in [7, 11) is -7.36. The third-order valence-corrected chi connectivity index (χ3v) is 7.22. The fourth-order valence-electron chi connectivity index (χ4n) is 2.78. The Labute approximate surface area is 219 Å². The summed E-state index contributed by atoms with van der Waals surface area (Å²) in [4.78, 5) is 57.1. The zero-order valence-electron chi connectivity index (χ0n) is 19.0. The average Bonchev–Trinajstić information content (AvgIpc) is 3.24. The van der Waals surface area contributed by atoms with Crippen LogP contribution in [0.5, 0.6) is 0 Å². The second kappa shape index (κ2) is 12.4. The van der Waals surface area contributed by atoms with E-state index in [1.54, 1.807) is 0 Å². The van der Waals surface area contributed by atoms with Crippen LogP contribution in [0.15, 0.2) is 10.5 Å². The minimum Gasteiger partial charge on any atom is -0.448 e. The van der Waals surface area contributed by atoms with E-state index in [1.807, 2.05) is 0 Å². The molecule has 1 fully saturated rings. The van der Waals surface area contributed by atoms with Crippen LogP contribution in [0.3, 0.4) is 0 Å². The third-order valence-electron chi connectivity index (χ3n) is 4.36. The lowest BCUT2D eigenvalue weighted by molar-refractivity contribution is -0.144. The fraction of sp³-hybridized carbons (Fsp3) is 0.500. The topological polar surface area (TPSA) is 240 Å². The first kappa shape index (κ1) is 30.2. The van der Waals surface area contributed by atoms with Crippen molar-refractivity contribution < 1.29 is 50.1 Å². The van der Waals surface area contributed by atoms with Gasteiger partial charge in [-0.25, -0.2) is 22.5 Å². The van der Waals surface area contributed by atoms with Crippen molar-refractivity contribution in [3.8, 4) is 0 Å². The van der Waals surface area contributed by atoms with Crippen LogP contribution < -0.4 is 16.0 Å². The summed E-state index contributed by atoms with van der Waals surface area (Å²) >= 11 is 6.34. The van der Waals surface area contributed by atoms with Crippen molar-refractivity contribution in [2.75, 3.05) is 43.5 Å². The molecule has 0 saturated carbocycles. The van der Waals surface area contributed by atoms with Crippen molar-refractivity contribution in [2.45, 2.75) is 12.1 Å². The first-order valence-electron chi connectivity index (χ1n) is 9.80. The SMILES string of the molecule is CON=C(C(=O)NC1C(=O)N(S(=O)(=O)O)C1CNC(=O)OCCS(C)(=O)=O)c1csc(NC(=O)CCl)n1. The van der Waals surface area contributed by atoms with Gasteiger partial charge >= 0.3 is 16.4 Å². The van der Waals surface area contributed by atoms with Gasteiger partial charge in [0.2, 0.25) is 5.91 Å². The Hall–Kier alpha value is -3.07. The van der Waals surface area contributed by atoms with Gasteiger partial charge in [0.25, 0.3) is 11.8 Å². The van der Waals surface area contributed by atoms with Gasteiger partial charge < -0.3 is 25.5 Å². The predicted molar refractivity (Wildman–Crippen MR) is 128 cm³/mol. The molecule has 2 heterocycles. The number of halogens is 1. The maximum atomic E-state index is 12.8. The summed E-state index contributed by atoms with van der Waals surface area (Å²) in [5, 5.41) is 11.7. The zero-order chi connectivity index (χ0) is 28.0. The maximum absolute atomic E-state index is 12.8. The van der Waals surface area contributed by atoms with Crippen LogP contribution >= 0.6 is 22.9 Å². The van der Waals surface area contributed by atoms with E-state index < -0.39 is 80.7 Å². The summed E-state index contributed by atoms with van der Waals surface area (Å²) in [6, 6.07) is -3.03. The molecule has 1 aromatic rings. The van der Waals surface area contributed by atoms with E-state index in [9.17, 15) is 40.6 Å². The Bertz CT molecular complexity index is 1300. The monoisotopic (exact) mass is 604 g/mol. The van der Waals surface area contributed by atoms with Crippen molar-refractivity contribution in [1.29, 1.82) is 0 Å². The lowest BCUT2D eigenvalue weighted by Crippen LogP contribution is -2.74.